The number of hydrogen-bond donors (Lipinski definition) is 2. The van der Waals surface area contributed by atoms with Gasteiger partial charge in [-0.1, -0.05) is 24.6 Å². The highest BCUT2D eigenvalue weighted by molar-refractivity contribution is 7.99. The zero-order valence-corrected chi connectivity index (χ0v) is 11.1. The molecular formula is C11H17N3O3S. The summed E-state index contributed by atoms with van der Waals surface area (Å²) < 4.78 is 1.87. The Kier molecular flexibility index (Phi) is 4.23. The second kappa shape index (κ2) is 5.71. The maximum atomic E-state index is 10.6. The average molecular weight is 271 g/mol. The maximum absolute atomic E-state index is 10.6. The smallest absolute Gasteiger partial charge is 0.313 e. The molecule has 1 aliphatic rings. The molecule has 1 saturated carbocycles. The number of aliphatic hydroxyl groups is 1. The standard InChI is InChI=1S/C11H17N3O3S/c1-7(4-8-2-3-8)14-9(5-15)12-13-11(14)18-6-10(16)17/h7-8,15H,2-6H2,1H3,(H,16,17). The van der Waals surface area contributed by atoms with Crippen LogP contribution in [0.3, 0.4) is 0 Å². The number of carbonyl (C=O) groups is 1. The first-order valence-corrected chi connectivity index (χ1v) is 6.99. The van der Waals surface area contributed by atoms with E-state index in [1.807, 2.05) is 4.57 Å². The molecule has 1 atom stereocenters. The van der Waals surface area contributed by atoms with Crippen LogP contribution in [0.1, 0.15) is 38.1 Å². The minimum atomic E-state index is -0.880. The van der Waals surface area contributed by atoms with Crippen LogP contribution in [0.4, 0.5) is 0 Å². The van der Waals surface area contributed by atoms with Crippen LogP contribution in [0.5, 0.6) is 0 Å². The summed E-state index contributed by atoms with van der Waals surface area (Å²) in [5, 5.41) is 26.4. The molecule has 0 amide bonds. The summed E-state index contributed by atoms with van der Waals surface area (Å²) in [5.74, 6) is 0.344. The molecule has 1 aromatic rings. The molecule has 0 saturated heterocycles. The predicted octanol–water partition coefficient (Wildman–Crippen LogP) is 1.31. The van der Waals surface area contributed by atoms with E-state index in [4.69, 9.17) is 5.11 Å². The minimum Gasteiger partial charge on any atom is -0.481 e. The van der Waals surface area contributed by atoms with E-state index in [1.165, 1.54) is 12.8 Å². The SMILES string of the molecule is CC(CC1CC1)n1c(CO)nnc1SCC(=O)O. The van der Waals surface area contributed by atoms with Gasteiger partial charge in [-0.2, -0.15) is 0 Å². The lowest BCUT2D eigenvalue weighted by atomic mass is 10.1. The Morgan fingerprint density at radius 2 is 2.28 bits per heavy atom. The van der Waals surface area contributed by atoms with Crippen molar-refractivity contribution in [3.05, 3.63) is 5.82 Å². The molecule has 1 unspecified atom stereocenters. The van der Waals surface area contributed by atoms with E-state index in [0.717, 1.165) is 24.1 Å². The second-order valence-corrected chi connectivity index (χ2v) is 5.58. The summed E-state index contributed by atoms with van der Waals surface area (Å²) in [6.45, 7) is 1.89. The summed E-state index contributed by atoms with van der Waals surface area (Å²) in [4.78, 5) is 10.6. The number of carboxylic acids is 1. The van der Waals surface area contributed by atoms with E-state index in [1.54, 1.807) is 0 Å². The van der Waals surface area contributed by atoms with Crippen LogP contribution in [0.2, 0.25) is 0 Å². The van der Waals surface area contributed by atoms with E-state index < -0.39 is 5.97 Å². The predicted molar refractivity (Wildman–Crippen MR) is 66.4 cm³/mol. The molecule has 2 N–H and O–H groups in total. The number of aliphatic hydroxyl groups excluding tert-OH is 1. The number of rotatable bonds is 7. The number of hydrogen-bond acceptors (Lipinski definition) is 5. The van der Waals surface area contributed by atoms with Crippen molar-refractivity contribution >= 4 is 17.7 Å². The second-order valence-electron chi connectivity index (χ2n) is 4.64. The summed E-state index contributed by atoms with van der Waals surface area (Å²) in [6.07, 6.45) is 3.56. The molecular weight excluding hydrogens is 254 g/mol. The third-order valence-corrected chi connectivity index (χ3v) is 3.94. The molecule has 0 radical (unpaired) electrons. The Morgan fingerprint density at radius 3 is 2.83 bits per heavy atom. The van der Waals surface area contributed by atoms with Gasteiger partial charge in [0.25, 0.3) is 0 Å². The fourth-order valence-corrected chi connectivity index (χ4v) is 2.80. The van der Waals surface area contributed by atoms with Crippen molar-refractivity contribution in [1.29, 1.82) is 0 Å². The van der Waals surface area contributed by atoms with E-state index in [2.05, 4.69) is 17.1 Å². The fraction of sp³-hybridized carbons (Fsp3) is 0.727. The molecule has 0 bridgehead atoms. The van der Waals surface area contributed by atoms with Crippen LogP contribution in [-0.4, -0.2) is 36.7 Å². The van der Waals surface area contributed by atoms with Crippen molar-refractivity contribution in [1.82, 2.24) is 14.8 Å². The van der Waals surface area contributed by atoms with Crippen molar-refractivity contribution in [2.45, 2.75) is 44.0 Å². The van der Waals surface area contributed by atoms with E-state index >= 15 is 0 Å². The Hall–Kier alpha value is -1.08. The molecule has 0 spiro atoms. The third-order valence-electron chi connectivity index (χ3n) is 3.01. The van der Waals surface area contributed by atoms with Gasteiger partial charge in [0, 0.05) is 6.04 Å². The molecule has 0 aliphatic heterocycles. The Labute approximate surface area is 109 Å². The van der Waals surface area contributed by atoms with Gasteiger partial charge in [-0.25, -0.2) is 0 Å². The Balaban J connectivity index is 2.12. The average Bonchev–Trinajstić information content (AvgIpc) is 3.03. The Morgan fingerprint density at radius 1 is 1.56 bits per heavy atom. The van der Waals surface area contributed by atoms with Crippen LogP contribution in [0.25, 0.3) is 0 Å². The third kappa shape index (κ3) is 3.23. The number of aliphatic carboxylic acids is 1. The first kappa shape index (κ1) is 13.4. The first-order chi connectivity index (χ1) is 8.61. The van der Waals surface area contributed by atoms with Crippen molar-refractivity contribution < 1.29 is 15.0 Å². The normalized spacial score (nSPS) is 16.8. The molecule has 1 heterocycles. The van der Waals surface area contributed by atoms with Gasteiger partial charge in [-0.15, -0.1) is 10.2 Å². The molecule has 100 valence electrons. The van der Waals surface area contributed by atoms with Crippen LogP contribution >= 0.6 is 11.8 Å². The number of carboxylic acid groups (broad SMARTS) is 1. The highest BCUT2D eigenvalue weighted by Crippen LogP contribution is 2.38. The molecule has 1 aliphatic carbocycles. The number of thioether (sulfide) groups is 1. The van der Waals surface area contributed by atoms with Crippen molar-refractivity contribution in [2.75, 3.05) is 5.75 Å². The van der Waals surface area contributed by atoms with Crippen LogP contribution in [0.15, 0.2) is 5.16 Å². The number of aromatic nitrogens is 3. The summed E-state index contributed by atoms with van der Waals surface area (Å²) in [7, 11) is 0. The minimum absolute atomic E-state index is 0.0420. The Bertz CT molecular complexity index is 431. The first-order valence-electron chi connectivity index (χ1n) is 6.01. The van der Waals surface area contributed by atoms with E-state index in [0.29, 0.717) is 11.0 Å². The zero-order chi connectivity index (χ0) is 13.1. The lowest BCUT2D eigenvalue weighted by Crippen LogP contribution is -2.12. The monoisotopic (exact) mass is 271 g/mol. The van der Waals surface area contributed by atoms with Crippen LogP contribution in [-0.2, 0) is 11.4 Å². The maximum Gasteiger partial charge on any atom is 0.313 e. The molecule has 1 fully saturated rings. The van der Waals surface area contributed by atoms with Gasteiger partial charge >= 0.3 is 5.97 Å². The summed E-state index contributed by atoms with van der Waals surface area (Å²) in [5.41, 5.74) is 0. The zero-order valence-electron chi connectivity index (χ0n) is 10.2. The van der Waals surface area contributed by atoms with Crippen molar-refractivity contribution in [3.8, 4) is 0 Å². The van der Waals surface area contributed by atoms with Gasteiger partial charge < -0.3 is 14.8 Å². The van der Waals surface area contributed by atoms with Gasteiger partial charge in [-0.05, 0) is 19.3 Å². The van der Waals surface area contributed by atoms with Gasteiger partial charge in [0.05, 0.1) is 5.75 Å². The van der Waals surface area contributed by atoms with Gasteiger partial charge in [0.15, 0.2) is 11.0 Å². The highest BCUT2D eigenvalue weighted by atomic mass is 32.2. The lowest BCUT2D eigenvalue weighted by molar-refractivity contribution is -0.133. The van der Waals surface area contributed by atoms with Crippen LogP contribution in [0, 0.1) is 5.92 Å². The van der Waals surface area contributed by atoms with Gasteiger partial charge in [-0.3, -0.25) is 4.79 Å². The number of nitrogens with zero attached hydrogens (tertiary/aromatic N) is 3. The van der Waals surface area contributed by atoms with E-state index in [-0.39, 0.29) is 18.4 Å². The van der Waals surface area contributed by atoms with Gasteiger partial charge in [0.2, 0.25) is 0 Å². The molecule has 2 rings (SSSR count). The molecule has 0 aromatic carbocycles. The quantitative estimate of drug-likeness (QED) is 0.727. The molecule has 1 aromatic heterocycles. The van der Waals surface area contributed by atoms with Gasteiger partial charge in [0.1, 0.15) is 6.61 Å². The topological polar surface area (TPSA) is 88.2 Å². The van der Waals surface area contributed by atoms with Crippen molar-refractivity contribution in [3.63, 3.8) is 0 Å². The summed E-state index contributed by atoms with van der Waals surface area (Å²) >= 11 is 1.15. The molecule has 7 heteroatoms. The molecule has 18 heavy (non-hydrogen) atoms. The largest absolute Gasteiger partial charge is 0.481 e. The fourth-order valence-electron chi connectivity index (χ4n) is 2.02. The lowest BCUT2D eigenvalue weighted by Gasteiger charge is -2.16. The summed E-state index contributed by atoms with van der Waals surface area (Å²) in [6, 6.07) is 0.200. The van der Waals surface area contributed by atoms with Crippen molar-refractivity contribution in [2.24, 2.45) is 5.92 Å². The van der Waals surface area contributed by atoms with E-state index in [9.17, 15) is 9.90 Å². The van der Waals surface area contributed by atoms with Crippen LogP contribution < -0.4 is 0 Å². The molecule has 6 nitrogen and oxygen atoms in total. The highest BCUT2D eigenvalue weighted by Gasteiger charge is 2.27.